The fourth-order valence-electron chi connectivity index (χ4n) is 2.22. The van der Waals surface area contributed by atoms with Gasteiger partial charge in [0, 0.05) is 21.7 Å². The Bertz CT molecular complexity index is 847. The van der Waals surface area contributed by atoms with Gasteiger partial charge in [-0.3, -0.25) is 9.69 Å². The summed E-state index contributed by atoms with van der Waals surface area (Å²) in [5.74, 6) is 0.439. The maximum absolute atomic E-state index is 12.8. The number of halogens is 2. The number of ether oxygens (including phenoxy) is 1. The molecule has 0 spiro atoms. The van der Waals surface area contributed by atoms with Gasteiger partial charge in [-0.25, -0.2) is 0 Å². The smallest absolute Gasteiger partial charge is 0.270 e. The molecule has 2 aromatic carbocycles. The van der Waals surface area contributed by atoms with E-state index in [1.807, 2.05) is 0 Å². The van der Waals surface area contributed by atoms with E-state index in [1.165, 1.54) is 16.7 Å². The van der Waals surface area contributed by atoms with Crippen LogP contribution in [0, 0.1) is 0 Å². The zero-order chi connectivity index (χ0) is 17.3. The summed E-state index contributed by atoms with van der Waals surface area (Å²) in [4.78, 5) is 14.7. The van der Waals surface area contributed by atoms with Crippen LogP contribution in [-0.2, 0) is 4.79 Å². The standard InChI is InChI=1S/C17H11Cl2NO2S2/c1-22-11-5-2-4-10(8-11)20-16(21)15(24-17(20)23)9-12-13(18)6-3-7-14(12)19/h2-9H,1H3/b15-9-. The van der Waals surface area contributed by atoms with Crippen molar-refractivity contribution in [3.05, 3.63) is 63.0 Å². The Morgan fingerprint density at radius 1 is 1.17 bits per heavy atom. The summed E-state index contributed by atoms with van der Waals surface area (Å²) in [6.45, 7) is 0. The molecule has 0 saturated carbocycles. The van der Waals surface area contributed by atoms with Crippen molar-refractivity contribution in [2.45, 2.75) is 0 Å². The zero-order valence-electron chi connectivity index (χ0n) is 12.5. The van der Waals surface area contributed by atoms with Crippen molar-refractivity contribution in [3.63, 3.8) is 0 Å². The normalized spacial score (nSPS) is 16.1. The minimum atomic E-state index is -0.214. The third kappa shape index (κ3) is 3.30. The van der Waals surface area contributed by atoms with E-state index in [1.54, 1.807) is 55.7 Å². The molecular formula is C17H11Cl2NO2S2. The van der Waals surface area contributed by atoms with Gasteiger partial charge in [-0.1, -0.05) is 59.3 Å². The van der Waals surface area contributed by atoms with Gasteiger partial charge < -0.3 is 4.74 Å². The van der Waals surface area contributed by atoms with Crippen molar-refractivity contribution in [2.24, 2.45) is 0 Å². The van der Waals surface area contributed by atoms with Crippen LogP contribution in [0.25, 0.3) is 6.08 Å². The third-order valence-electron chi connectivity index (χ3n) is 3.38. The second-order valence-electron chi connectivity index (χ2n) is 4.85. The Morgan fingerprint density at radius 3 is 2.50 bits per heavy atom. The van der Waals surface area contributed by atoms with E-state index in [-0.39, 0.29) is 5.91 Å². The first-order valence-electron chi connectivity index (χ1n) is 6.87. The van der Waals surface area contributed by atoms with Crippen molar-refractivity contribution < 1.29 is 9.53 Å². The van der Waals surface area contributed by atoms with Crippen molar-refractivity contribution in [2.75, 3.05) is 12.0 Å². The summed E-state index contributed by atoms with van der Waals surface area (Å²) >= 11 is 18.9. The molecule has 0 aliphatic carbocycles. The highest BCUT2D eigenvalue weighted by Gasteiger charge is 2.33. The second-order valence-corrected chi connectivity index (χ2v) is 7.34. The van der Waals surface area contributed by atoms with Gasteiger partial charge in [0.05, 0.1) is 17.7 Å². The number of carbonyl (C=O) groups is 1. The number of methoxy groups -OCH3 is 1. The number of amides is 1. The molecule has 1 amide bonds. The first-order chi connectivity index (χ1) is 11.5. The highest BCUT2D eigenvalue weighted by Crippen LogP contribution is 2.38. The summed E-state index contributed by atoms with van der Waals surface area (Å²) < 4.78 is 5.65. The van der Waals surface area contributed by atoms with E-state index in [2.05, 4.69) is 0 Å². The van der Waals surface area contributed by atoms with Crippen LogP contribution in [-0.4, -0.2) is 17.3 Å². The lowest BCUT2D eigenvalue weighted by molar-refractivity contribution is -0.113. The number of nitrogens with zero attached hydrogens (tertiary/aromatic N) is 1. The van der Waals surface area contributed by atoms with Gasteiger partial charge >= 0.3 is 0 Å². The first kappa shape index (κ1) is 17.3. The van der Waals surface area contributed by atoms with Crippen molar-refractivity contribution in [1.82, 2.24) is 0 Å². The van der Waals surface area contributed by atoms with Gasteiger partial charge in [0.15, 0.2) is 4.32 Å². The van der Waals surface area contributed by atoms with Crippen LogP contribution in [0.3, 0.4) is 0 Å². The molecule has 0 radical (unpaired) electrons. The lowest BCUT2D eigenvalue weighted by Crippen LogP contribution is -2.27. The molecule has 122 valence electrons. The SMILES string of the molecule is COc1cccc(N2C(=O)/C(=C/c3c(Cl)cccc3Cl)SC2=S)c1. The average Bonchev–Trinajstić information content (AvgIpc) is 2.85. The molecule has 1 fully saturated rings. The minimum absolute atomic E-state index is 0.214. The van der Waals surface area contributed by atoms with E-state index >= 15 is 0 Å². The molecule has 3 rings (SSSR count). The topological polar surface area (TPSA) is 29.5 Å². The number of thioether (sulfide) groups is 1. The molecule has 2 aromatic rings. The molecule has 1 saturated heterocycles. The average molecular weight is 396 g/mol. The summed E-state index contributed by atoms with van der Waals surface area (Å²) in [5.41, 5.74) is 1.26. The van der Waals surface area contributed by atoms with Gasteiger partial charge in [-0.2, -0.15) is 0 Å². The summed E-state index contributed by atoms with van der Waals surface area (Å²) in [5, 5.41) is 0.961. The van der Waals surface area contributed by atoms with Crippen molar-refractivity contribution in [1.29, 1.82) is 0 Å². The predicted molar refractivity (Wildman–Crippen MR) is 105 cm³/mol. The molecule has 0 atom stereocenters. The Labute approximate surface area is 159 Å². The Morgan fingerprint density at radius 2 is 1.83 bits per heavy atom. The number of anilines is 1. The van der Waals surface area contributed by atoms with Crippen LogP contribution >= 0.6 is 47.2 Å². The number of hydrogen-bond acceptors (Lipinski definition) is 4. The molecule has 3 nitrogen and oxygen atoms in total. The molecule has 7 heteroatoms. The number of rotatable bonds is 3. The molecule has 0 aromatic heterocycles. The zero-order valence-corrected chi connectivity index (χ0v) is 15.6. The molecule has 0 N–H and O–H groups in total. The van der Waals surface area contributed by atoms with Gasteiger partial charge in [0.25, 0.3) is 5.91 Å². The number of thiocarbonyl (C=S) groups is 1. The molecule has 1 heterocycles. The van der Waals surface area contributed by atoms with Gasteiger partial charge in [0.2, 0.25) is 0 Å². The Kier molecular flexibility index (Phi) is 5.15. The molecule has 1 aliphatic rings. The fourth-order valence-corrected chi connectivity index (χ4v) is 4.01. The number of carbonyl (C=O) groups excluding carboxylic acids is 1. The molecular weight excluding hydrogens is 385 g/mol. The minimum Gasteiger partial charge on any atom is -0.497 e. The third-order valence-corrected chi connectivity index (χ3v) is 5.34. The summed E-state index contributed by atoms with van der Waals surface area (Å²) in [7, 11) is 1.57. The number of benzene rings is 2. The van der Waals surface area contributed by atoms with E-state index < -0.39 is 0 Å². The van der Waals surface area contributed by atoms with E-state index in [4.69, 9.17) is 40.2 Å². The van der Waals surface area contributed by atoms with Crippen LogP contribution in [0.4, 0.5) is 5.69 Å². The maximum atomic E-state index is 12.8. The first-order valence-corrected chi connectivity index (χ1v) is 8.85. The summed E-state index contributed by atoms with van der Waals surface area (Å²) in [6, 6.07) is 12.4. The van der Waals surface area contributed by atoms with Crippen LogP contribution in [0.15, 0.2) is 47.4 Å². The van der Waals surface area contributed by atoms with Gasteiger partial charge in [-0.15, -0.1) is 0 Å². The molecule has 0 bridgehead atoms. The number of hydrogen-bond donors (Lipinski definition) is 0. The lowest BCUT2D eigenvalue weighted by atomic mass is 10.2. The Balaban J connectivity index is 1.98. The van der Waals surface area contributed by atoms with Crippen molar-refractivity contribution >= 4 is 69.2 Å². The largest absolute Gasteiger partial charge is 0.497 e. The highest BCUT2D eigenvalue weighted by molar-refractivity contribution is 8.27. The highest BCUT2D eigenvalue weighted by atomic mass is 35.5. The van der Waals surface area contributed by atoms with Crippen LogP contribution in [0.2, 0.25) is 10.0 Å². The van der Waals surface area contributed by atoms with Crippen LogP contribution in [0.1, 0.15) is 5.56 Å². The van der Waals surface area contributed by atoms with Gasteiger partial charge in [0.1, 0.15) is 5.75 Å². The molecule has 1 aliphatic heterocycles. The Hall–Kier alpha value is -1.53. The summed E-state index contributed by atoms with van der Waals surface area (Å²) in [6.07, 6.45) is 1.67. The van der Waals surface area contributed by atoms with Crippen LogP contribution < -0.4 is 9.64 Å². The molecule has 0 unspecified atom stereocenters. The van der Waals surface area contributed by atoms with Crippen molar-refractivity contribution in [3.8, 4) is 5.75 Å². The van der Waals surface area contributed by atoms with E-state index in [0.29, 0.717) is 36.3 Å². The van der Waals surface area contributed by atoms with Gasteiger partial charge in [-0.05, 0) is 30.3 Å². The fraction of sp³-hybridized carbons (Fsp3) is 0.0588. The predicted octanol–water partition coefficient (Wildman–Crippen LogP) is 5.41. The van der Waals surface area contributed by atoms with E-state index in [9.17, 15) is 4.79 Å². The second kappa shape index (κ2) is 7.15. The lowest BCUT2D eigenvalue weighted by Gasteiger charge is -2.15. The monoisotopic (exact) mass is 395 g/mol. The quantitative estimate of drug-likeness (QED) is 0.513. The van der Waals surface area contributed by atoms with E-state index in [0.717, 1.165) is 0 Å². The molecule has 24 heavy (non-hydrogen) atoms. The maximum Gasteiger partial charge on any atom is 0.270 e. The van der Waals surface area contributed by atoms with Crippen LogP contribution in [0.5, 0.6) is 5.75 Å².